The van der Waals surface area contributed by atoms with E-state index < -0.39 is 0 Å². The lowest BCUT2D eigenvalue weighted by Crippen LogP contribution is -2.61. The van der Waals surface area contributed by atoms with E-state index in [1.54, 1.807) is 0 Å². The molecule has 0 aromatic rings. The van der Waals surface area contributed by atoms with Crippen LogP contribution in [0, 0.1) is 0 Å². The second-order valence-electron chi connectivity index (χ2n) is 6.36. The first kappa shape index (κ1) is 15.3. The predicted molar refractivity (Wildman–Crippen MR) is 80.3 cm³/mol. The SMILES string of the molecule is CCC1CC(CN)(N(CC)C2CCCCC2)CCO1. The summed E-state index contributed by atoms with van der Waals surface area (Å²) < 4.78 is 5.88. The van der Waals surface area contributed by atoms with Gasteiger partial charge in [0.2, 0.25) is 0 Å². The molecule has 0 bridgehead atoms. The highest BCUT2D eigenvalue weighted by Crippen LogP contribution is 2.36. The molecule has 1 saturated heterocycles. The minimum absolute atomic E-state index is 0.204. The molecule has 0 aromatic carbocycles. The Kier molecular flexibility index (Phi) is 5.67. The molecule has 2 rings (SSSR count). The van der Waals surface area contributed by atoms with Crippen molar-refractivity contribution >= 4 is 0 Å². The van der Waals surface area contributed by atoms with Gasteiger partial charge in [-0.3, -0.25) is 4.90 Å². The van der Waals surface area contributed by atoms with Gasteiger partial charge in [0.05, 0.1) is 6.10 Å². The van der Waals surface area contributed by atoms with Crippen molar-refractivity contribution in [2.75, 3.05) is 19.7 Å². The number of nitrogens with zero attached hydrogens (tertiary/aromatic N) is 1. The summed E-state index contributed by atoms with van der Waals surface area (Å²) in [6.07, 6.45) is 10.7. The standard InChI is InChI=1S/C16H32N2O/c1-3-15-12-16(13-17,10-11-19-15)18(4-2)14-8-6-5-7-9-14/h14-15H,3-13,17H2,1-2H3. The van der Waals surface area contributed by atoms with Crippen LogP contribution in [0.1, 0.15) is 65.2 Å². The Labute approximate surface area is 118 Å². The molecular formula is C16H32N2O. The van der Waals surface area contributed by atoms with Gasteiger partial charge in [0.25, 0.3) is 0 Å². The van der Waals surface area contributed by atoms with E-state index in [9.17, 15) is 0 Å². The van der Waals surface area contributed by atoms with Crippen LogP contribution < -0.4 is 5.73 Å². The number of hydrogen-bond acceptors (Lipinski definition) is 3. The third-order valence-corrected chi connectivity index (χ3v) is 5.33. The van der Waals surface area contributed by atoms with Crippen molar-refractivity contribution in [1.29, 1.82) is 0 Å². The summed E-state index contributed by atoms with van der Waals surface area (Å²) in [5.41, 5.74) is 6.45. The van der Waals surface area contributed by atoms with E-state index in [0.717, 1.165) is 45.0 Å². The second-order valence-corrected chi connectivity index (χ2v) is 6.36. The molecule has 112 valence electrons. The fraction of sp³-hybridized carbons (Fsp3) is 1.00. The molecule has 3 heteroatoms. The lowest BCUT2D eigenvalue weighted by atomic mass is 9.81. The first-order valence-corrected chi connectivity index (χ1v) is 8.34. The molecule has 2 fully saturated rings. The van der Waals surface area contributed by atoms with Gasteiger partial charge in [-0.15, -0.1) is 0 Å². The Balaban J connectivity index is 2.11. The van der Waals surface area contributed by atoms with E-state index >= 15 is 0 Å². The van der Waals surface area contributed by atoms with Crippen molar-refractivity contribution in [2.24, 2.45) is 5.73 Å². The molecule has 0 radical (unpaired) electrons. The highest BCUT2D eigenvalue weighted by atomic mass is 16.5. The zero-order valence-corrected chi connectivity index (χ0v) is 12.9. The first-order chi connectivity index (χ1) is 9.25. The summed E-state index contributed by atoms with van der Waals surface area (Å²) in [4.78, 5) is 2.75. The molecule has 1 aliphatic heterocycles. The maximum absolute atomic E-state index is 6.24. The lowest BCUT2D eigenvalue weighted by molar-refractivity contribution is -0.0871. The van der Waals surface area contributed by atoms with Crippen LogP contribution in [0.5, 0.6) is 0 Å². The Morgan fingerprint density at radius 3 is 2.53 bits per heavy atom. The van der Waals surface area contributed by atoms with Gasteiger partial charge in [-0.25, -0.2) is 0 Å². The van der Waals surface area contributed by atoms with E-state index in [1.165, 1.54) is 32.1 Å². The minimum atomic E-state index is 0.204. The molecule has 2 unspecified atom stereocenters. The molecule has 1 saturated carbocycles. The summed E-state index contributed by atoms with van der Waals surface area (Å²) in [5.74, 6) is 0. The molecule has 1 heterocycles. The minimum Gasteiger partial charge on any atom is -0.378 e. The number of likely N-dealkylation sites (N-methyl/N-ethyl adjacent to an activating group) is 1. The van der Waals surface area contributed by atoms with Gasteiger partial charge >= 0.3 is 0 Å². The van der Waals surface area contributed by atoms with E-state index in [1.807, 2.05) is 0 Å². The maximum Gasteiger partial charge on any atom is 0.0590 e. The molecule has 2 aliphatic rings. The van der Waals surface area contributed by atoms with Crippen molar-refractivity contribution in [3.8, 4) is 0 Å². The third-order valence-electron chi connectivity index (χ3n) is 5.33. The van der Waals surface area contributed by atoms with Crippen LogP contribution in [-0.4, -0.2) is 42.3 Å². The van der Waals surface area contributed by atoms with E-state index in [0.29, 0.717) is 6.10 Å². The van der Waals surface area contributed by atoms with E-state index in [-0.39, 0.29) is 5.54 Å². The first-order valence-electron chi connectivity index (χ1n) is 8.34. The van der Waals surface area contributed by atoms with Crippen molar-refractivity contribution in [3.63, 3.8) is 0 Å². The number of hydrogen-bond donors (Lipinski definition) is 1. The van der Waals surface area contributed by atoms with Crippen LogP contribution in [0.15, 0.2) is 0 Å². The van der Waals surface area contributed by atoms with Crippen molar-refractivity contribution in [3.05, 3.63) is 0 Å². The molecule has 0 amide bonds. The van der Waals surface area contributed by atoms with Gasteiger partial charge in [-0.2, -0.15) is 0 Å². The Bertz CT molecular complexity index is 265. The molecule has 19 heavy (non-hydrogen) atoms. The summed E-state index contributed by atoms with van der Waals surface area (Å²) in [7, 11) is 0. The normalized spacial score (nSPS) is 33.8. The van der Waals surface area contributed by atoms with Crippen LogP contribution in [0.3, 0.4) is 0 Å². The monoisotopic (exact) mass is 268 g/mol. The number of rotatable bonds is 5. The average molecular weight is 268 g/mol. The van der Waals surface area contributed by atoms with Crippen molar-refractivity contribution in [2.45, 2.75) is 82.9 Å². The quantitative estimate of drug-likeness (QED) is 0.833. The Morgan fingerprint density at radius 2 is 1.95 bits per heavy atom. The van der Waals surface area contributed by atoms with Gasteiger partial charge in [0.15, 0.2) is 0 Å². The molecule has 2 atom stereocenters. The van der Waals surface area contributed by atoms with Crippen LogP contribution in [0.25, 0.3) is 0 Å². The Hall–Kier alpha value is -0.120. The largest absolute Gasteiger partial charge is 0.378 e. The van der Waals surface area contributed by atoms with Crippen molar-refractivity contribution < 1.29 is 4.74 Å². The third kappa shape index (κ3) is 3.32. The van der Waals surface area contributed by atoms with Gasteiger partial charge in [-0.1, -0.05) is 33.1 Å². The van der Waals surface area contributed by atoms with Crippen LogP contribution >= 0.6 is 0 Å². The zero-order chi connectivity index (χ0) is 13.7. The molecular weight excluding hydrogens is 236 g/mol. The van der Waals surface area contributed by atoms with Crippen LogP contribution in [-0.2, 0) is 4.74 Å². The fourth-order valence-electron chi connectivity index (χ4n) is 4.20. The van der Waals surface area contributed by atoms with Crippen LogP contribution in [0.2, 0.25) is 0 Å². The molecule has 2 N–H and O–H groups in total. The Morgan fingerprint density at radius 1 is 1.21 bits per heavy atom. The molecule has 0 spiro atoms. The van der Waals surface area contributed by atoms with Gasteiger partial charge < -0.3 is 10.5 Å². The van der Waals surface area contributed by atoms with Gasteiger partial charge in [0, 0.05) is 24.7 Å². The average Bonchev–Trinajstić information content (AvgIpc) is 2.49. The van der Waals surface area contributed by atoms with E-state index in [2.05, 4.69) is 18.7 Å². The topological polar surface area (TPSA) is 38.5 Å². The smallest absolute Gasteiger partial charge is 0.0590 e. The zero-order valence-electron chi connectivity index (χ0n) is 12.9. The summed E-state index contributed by atoms with van der Waals surface area (Å²) >= 11 is 0. The molecule has 3 nitrogen and oxygen atoms in total. The van der Waals surface area contributed by atoms with Gasteiger partial charge in [0.1, 0.15) is 0 Å². The molecule has 1 aliphatic carbocycles. The second kappa shape index (κ2) is 7.05. The summed E-state index contributed by atoms with van der Waals surface area (Å²) in [6, 6.07) is 0.762. The fourth-order valence-corrected chi connectivity index (χ4v) is 4.20. The number of ether oxygens (including phenoxy) is 1. The van der Waals surface area contributed by atoms with Crippen molar-refractivity contribution in [1.82, 2.24) is 4.90 Å². The highest BCUT2D eigenvalue weighted by Gasteiger charge is 2.42. The highest BCUT2D eigenvalue weighted by molar-refractivity contribution is 4.98. The number of nitrogens with two attached hydrogens (primary N) is 1. The lowest BCUT2D eigenvalue weighted by Gasteiger charge is -2.51. The van der Waals surface area contributed by atoms with Gasteiger partial charge in [-0.05, 0) is 38.6 Å². The molecule has 0 aromatic heterocycles. The maximum atomic E-state index is 6.24. The predicted octanol–water partition coefficient (Wildman–Crippen LogP) is 2.93. The van der Waals surface area contributed by atoms with E-state index in [4.69, 9.17) is 10.5 Å². The summed E-state index contributed by atoms with van der Waals surface area (Å²) in [6.45, 7) is 7.35. The summed E-state index contributed by atoms with van der Waals surface area (Å²) in [5, 5.41) is 0. The van der Waals surface area contributed by atoms with Crippen LogP contribution in [0.4, 0.5) is 0 Å².